The molecular weight excluding hydrogens is 584 g/mol. The zero-order valence-electron chi connectivity index (χ0n) is 27.8. The van der Waals surface area contributed by atoms with E-state index in [4.69, 9.17) is 18.6 Å². The molecule has 3 aromatic carbocycles. The minimum atomic E-state index is -2.66. The van der Waals surface area contributed by atoms with Crippen LogP contribution in [0, 0.1) is 0 Å². The maximum atomic E-state index is 12.8. The molecule has 0 fully saturated rings. The zero-order valence-corrected chi connectivity index (χ0v) is 28.8. The van der Waals surface area contributed by atoms with Crippen LogP contribution in [-0.2, 0) is 36.6 Å². The maximum Gasteiger partial charge on any atom is 0.337 e. The first-order valence-corrected chi connectivity index (χ1v) is 18.2. The van der Waals surface area contributed by atoms with E-state index in [2.05, 4.69) is 41.5 Å². The quantitative estimate of drug-likeness (QED) is 0.111. The summed E-state index contributed by atoms with van der Waals surface area (Å²) in [5.74, 6) is -0.918. The number of ether oxygens (including phenoxy) is 3. The fourth-order valence-corrected chi connectivity index (χ4v) is 12.0. The van der Waals surface area contributed by atoms with Crippen LogP contribution in [0.3, 0.4) is 0 Å². The van der Waals surface area contributed by atoms with E-state index in [0.717, 1.165) is 16.7 Å². The molecule has 0 aromatic heterocycles. The number of rotatable bonds is 18. The van der Waals surface area contributed by atoms with Crippen LogP contribution in [0.4, 0.5) is 0 Å². The van der Waals surface area contributed by atoms with Crippen molar-refractivity contribution in [2.24, 2.45) is 0 Å². The van der Waals surface area contributed by atoms with E-state index in [1.54, 1.807) is 6.92 Å². The summed E-state index contributed by atoms with van der Waals surface area (Å²) in [4.78, 5) is 12.8. The smallest absolute Gasteiger partial charge is 0.337 e. The summed E-state index contributed by atoms with van der Waals surface area (Å²) in [5, 5.41) is 23.0. The number of benzene rings is 3. The van der Waals surface area contributed by atoms with Crippen LogP contribution in [0.2, 0.25) is 16.6 Å². The SMILES string of the molecule is CCOC(=O)[C@@H](O)[C@H](O)[C@@H](OCc1ccccc1)[C@H](O[Si](C(C)C)(C(C)C)C(C)C)[C@H](OCc1ccccc1)c1ccccc1. The monoisotopic (exact) mass is 636 g/mol. The molecule has 2 N–H and O–H groups in total. The molecule has 0 aliphatic heterocycles. The number of aliphatic hydroxyl groups excluding tert-OH is 2. The van der Waals surface area contributed by atoms with E-state index in [-0.39, 0.29) is 36.4 Å². The number of carbonyl (C=O) groups excluding carboxylic acids is 1. The zero-order chi connectivity index (χ0) is 33.0. The molecule has 3 rings (SSSR count). The number of hydrogen-bond acceptors (Lipinski definition) is 7. The van der Waals surface area contributed by atoms with Gasteiger partial charge in [-0.1, -0.05) is 133 Å². The van der Waals surface area contributed by atoms with Crippen molar-refractivity contribution in [2.45, 2.75) is 109 Å². The van der Waals surface area contributed by atoms with E-state index in [1.165, 1.54) is 0 Å². The van der Waals surface area contributed by atoms with Crippen molar-refractivity contribution in [2.75, 3.05) is 6.61 Å². The Balaban J connectivity index is 2.22. The van der Waals surface area contributed by atoms with Gasteiger partial charge in [0.2, 0.25) is 8.32 Å². The van der Waals surface area contributed by atoms with Gasteiger partial charge in [0, 0.05) is 0 Å². The minimum absolute atomic E-state index is 0.0645. The van der Waals surface area contributed by atoms with Crippen molar-refractivity contribution in [3.8, 4) is 0 Å². The number of hydrogen-bond donors (Lipinski definition) is 2. The average molecular weight is 637 g/mol. The molecule has 7 nitrogen and oxygen atoms in total. The van der Waals surface area contributed by atoms with Gasteiger partial charge in [-0.3, -0.25) is 0 Å². The summed E-state index contributed by atoms with van der Waals surface area (Å²) < 4.78 is 25.9. The predicted octanol–water partition coefficient (Wildman–Crippen LogP) is 7.38. The predicted molar refractivity (Wildman–Crippen MR) is 180 cm³/mol. The van der Waals surface area contributed by atoms with Crippen molar-refractivity contribution in [1.82, 2.24) is 0 Å². The van der Waals surface area contributed by atoms with Gasteiger partial charge < -0.3 is 28.8 Å². The second-order valence-electron chi connectivity index (χ2n) is 12.5. The third-order valence-electron chi connectivity index (χ3n) is 8.54. The molecule has 0 amide bonds. The molecule has 45 heavy (non-hydrogen) atoms. The lowest BCUT2D eigenvalue weighted by Gasteiger charge is -2.48. The maximum absolute atomic E-state index is 12.8. The highest BCUT2D eigenvalue weighted by molar-refractivity contribution is 6.77. The molecule has 8 heteroatoms. The number of esters is 1. The van der Waals surface area contributed by atoms with Gasteiger partial charge in [0.05, 0.1) is 19.8 Å². The van der Waals surface area contributed by atoms with Gasteiger partial charge in [-0.25, -0.2) is 4.79 Å². The molecule has 0 aliphatic carbocycles. The van der Waals surface area contributed by atoms with Gasteiger partial charge >= 0.3 is 5.97 Å². The Morgan fingerprint density at radius 2 is 1.11 bits per heavy atom. The molecule has 0 spiro atoms. The highest BCUT2D eigenvalue weighted by Crippen LogP contribution is 2.46. The summed E-state index contributed by atoms with van der Waals surface area (Å²) in [6, 6.07) is 29.2. The van der Waals surface area contributed by atoms with Gasteiger partial charge in [0.1, 0.15) is 24.4 Å². The Hall–Kier alpha value is -2.85. The van der Waals surface area contributed by atoms with E-state index < -0.39 is 44.8 Å². The first-order chi connectivity index (χ1) is 21.5. The molecule has 5 atom stereocenters. The number of carbonyl (C=O) groups is 1. The Kier molecular flexibility index (Phi) is 14.4. The lowest BCUT2D eigenvalue weighted by Crippen LogP contribution is -2.58. The summed E-state index contributed by atoms with van der Waals surface area (Å²) in [7, 11) is -2.66. The van der Waals surface area contributed by atoms with Crippen molar-refractivity contribution >= 4 is 14.3 Å². The lowest BCUT2D eigenvalue weighted by atomic mass is 9.94. The second-order valence-corrected chi connectivity index (χ2v) is 17.9. The van der Waals surface area contributed by atoms with Crippen LogP contribution in [0.25, 0.3) is 0 Å². The molecule has 0 heterocycles. The molecule has 0 unspecified atom stereocenters. The summed E-state index contributed by atoms with van der Waals surface area (Å²) >= 11 is 0. The van der Waals surface area contributed by atoms with Gasteiger partial charge in [0.15, 0.2) is 6.10 Å². The molecule has 0 saturated carbocycles. The highest BCUT2D eigenvalue weighted by Gasteiger charge is 2.52. The second kappa shape index (κ2) is 17.7. The first kappa shape index (κ1) is 36.6. The fourth-order valence-electron chi connectivity index (χ4n) is 6.43. The molecule has 0 bridgehead atoms. The van der Waals surface area contributed by atoms with E-state index in [0.29, 0.717) is 0 Å². The Morgan fingerprint density at radius 1 is 0.667 bits per heavy atom. The fraction of sp³-hybridized carbons (Fsp3) is 0.486. The lowest BCUT2D eigenvalue weighted by molar-refractivity contribution is -0.187. The van der Waals surface area contributed by atoms with Crippen LogP contribution in [0.5, 0.6) is 0 Å². The van der Waals surface area contributed by atoms with Gasteiger partial charge in [-0.2, -0.15) is 0 Å². The topological polar surface area (TPSA) is 94.5 Å². The molecule has 246 valence electrons. The largest absolute Gasteiger partial charge is 0.464 e. The molecule has 0 aliphatic rings. The first-order valence-electron chi connectivity index (χ1n) is 16.1. The van der Waals surface area contributed by atoms with Crippen LogP contribution < -0.4 is 0 Å². The Bertz CT molecular complexity index is 1230. The summed E-state index contributed by atoms with van der Waals surface area (Å²) in [5.41, 5.74) is 3.29. The molecule has 0 radical (unpaired) electrons. The summed E-state index contributed by atoms with van der Waals surface area (Å²) in [6.07, 6.45) is -6.27. The van der Waals surface area contributed by atoms with Crippen LogP contribution in [0.15, 0.2) is 91.0 Å². The van der Waals surface area contributed by atoms with Gasteiger partial charge in [0.25, 0.3) is 0 Å². The highest BCUT2D eigenvalue weighted by atomic mass is 28.4. The Labute approximate surface area is 270 Å². The normalized spacial score (nSPS) is 15.6. The van der Waals surface area contributed by atoms with Gasteiger partial charge in [-0.05, 0) is 40.2 Å². The van der Waals surface area contributed by atoms with Crippen molar-refractivity contribution in [1.29, 1.82) is 0 Å². The average Bonchev–Trinajstić information content (AvgIpc) is 3.03. The van der Waals surface area contributed by atoms with Gasteiger partial charge in [-0.15, -0.1) is 0 Å². The molecule has 0 saturated heterocycles. The summed E-state index contributed by atoms with van der Waals surface area (Å²) in [6.45, 7) is 15.3. The Morgan fingerprint density at radius 3 is 1.56 bits per heavy atom. The van der Waals surface area contributed by atoms with Crippen LogP contribution in [0.1, 0.15) is 71.3 Å². The number of aliphatic hydroxyl groups is 2. The van der Waals surface area contributed by atoms with Crippen molar-refractivity contribution in [3.05, 3.63) is 108 Å². The van der Waals surface area contributed by atoms with E-state index in [1.807, 2.05) is 91.0 Å². The van der Waals surface area contributed by atoms with Crippen LogP contribution >= 0.6 is 0 Å². The van der Waals surface area contributed by atoms with Crippen molar-refractivity contribution < 1.29 is 33.6 Å². The third kappa shape index (κ3) is 9.58. The van der Waals surface area contributed by atoms with E-state index >= 15 is 0 Å². The van der Waals surface area contributed by atoms with Crippen LogP contribution in [-0.4, -0.2) is 55.5 Å². The third-order valence-corrected chi connectivity index (χ3v) is 14.6. The molecule has 3 aromatic rings. The minimum Gasteiger partial charge on any atom is -0.464 e. The standard InChI is InChI=1S/C37H52O7Si/c1-8-41-37(40)33(39)32(38)35(43-25-30-20-14-10-15-21-30)36(44-45(26(2)3,27(4)5)28(6)7)34(31-22-16-11-17-23-31)42-24-29-18-12-9-13-19-29/h9-23,26-28,32-36,38-39H,8,24-25H2,1-7H3/t32-,33-,34+,35+,36+/m0/s1. The van der Waals surface area contributed by atoms with E-state index in [9.17, 15) is 15.0 Å². The molecular formula is C37H52O7Si. The van der Waals surface area contributed by atoms with Crippen molar-refractivity contribution in [3.63, 3.8) is 0 Å².